The first kappa shape index (κ1) is 23.0. The van der Waals surface area contributed by atoms with Crippen molar-refractivity contribution in [2.24, 2.45) is 11.8 Å². The molecule has 0 bridgehead atoms. The van der Waals surface area contributed by atoms with Gasteiger partial charge in [0.15, 0.2) is 5.60 Å². The van der Waals surface area contributed by atoms with Crippen LogP contribution in [0, 0.1) is 34.5 Å². The minimum Gasteiger partial charge on any atom is -0.375 e. The number of carbonyl (C=O) groups is 1. The van der Waals surface area contributed by atoms with Gasteiger partial charge in [0.2, 0.25) is 0 Å². The first-order valence-electron chi connectivity index (χ1n) is 12.0. The number of carbonyl (C=O) groups excluding carboxylic acids is 1. The summed E-state index contributed by atoms with van der Waals surface area (Å²) in [5, 5.41) is 30.7. The van der Waals surface area contributed by atoms with Crippen LogP contribution in [0.3, 0.4) is 0 Å². The van der Waals surface area contributed by atoms with E-state index in [4.69, 9.17) is 5.26 Å². The van der Waals surface area contributed by atoms with Crippen LogP contribution in [0.15, 0.2) is 54.6 Å². The van der Waals surface area contributed by atoms with E-state index in [1.54, 1.807) is 12.1 Å². The van der Waals surface area contributed by atoms with E-state index in [2.05, 4.69) is 12.1 Å². The van der Waals surface area contributed by atoms with E-state index in [0.29, 0.717) is 30.6 Å². The normalized spacial score (nSPS) is 21.5. The Bertz CT molecular complexity index is 1030. The molecule has 0 aromatic heterocycles. The fourth-order valence-electron chi connectivity index (χ4n) is 5.64. The summed E-state index contributed by atoms with van der Waals surface area (Å²) in [5.74, 6) is -0.317. The topological polar surface area (TPSA) is 88.1 Å². The molecule has 170 valence electrons. The van der Waals surface area contributed by atoms with Gasteiger partial charge in [-0.15, -0.1) is 0 Å². The highest BCUT2D eigenvalue weighted by atomic mass is 16.3. The molecule has 1 saturated carbocycles. The van der Waals surface area contributed by atoms with Gasteiger partial charge in [0.25, 0.3) is 5.91 Å². The molecule has 5 nitrogen and oxygen atoms in total. The standard InChI is InChI=1S/C28H31N3O2/c29-18-21-12-14-23(15-13-21)24(19-30)17-22-7-6-16-31(20-22)27(32)28(33,26-10-4-5-11-26)25-8-2-1-3-9-25/h1-3,8-9,12-15,22,24,26,33H,4-7,10-11,16-17,20H2. The Morgan fingerprint density at radius 2 is 1.73 bits per heavy atom. The van der Waals surface area contributed by atoms with Crippen LogP contribution in [0.1, 0.15) is 67.6 Å². The molecular weight excluding hydrogens is 410 g/mol. The lowest BCUT2D eigenvalue weighted by Crippen LogP contribution is -2.53. The zero-order chi connectivity index (χ0) is 23.3. The molecule has 3 atom stereocenters. The number of hydrogen-bond donors (Lipinski definition) is 1. The van der Waals surface area contributed by atoms with Crippen molar-refractivity contribution in [2.75, 3.05) is 13.1 Å². The smallest absolute Gasteiger partial charge is 0.259 e. The van der Waals surface area contributed by atoms with Gasteiger partial charge < -0.3 is 10.0 Å². The molecular formula is C28H31N3O2. The molecule has 0 radical (unpaired) electrons. The van der Waals surface area contributed by atoms with Gasteiger partial charge in [-0.3, -0.25) is 4.79 Å². The Labute approximate surface area is 196 Å². The van der Waals surface area contributed by atoms with Gasteiger partial charge in [-0.2, -0.15) is 10.5 Å². The Kier molecular flexibility index (Phi) is 7.11. The SMILES string of the molecule is N#Cc1ccc(C(C#N)CC2CCCN(C(=O)C(O)(c3ccccc3)C3CCCC3)C2)cc1. The van der Waals surface area contributed by atoms with Gasteiger partial charge in [-0.25, -0.2) is 0 Å². The third kappa shape index (κ3) is 4.80. The van der Waals surface area contributed by atoms with Crippen LogP contribution in [-0.2, 0) is 10.4 Å². The van der Waals surface area contributed by atoms with E-state index in [-0.39, 0.29) is 23.7 Å². The Morgan fingerprint density at radius 1 is 1.03 bits per heavy atom. The van der Waals surface area contributed by atoms with Gasteiger partial charge in [-0.1, -0.05) is 55.3 Å². The summed E-state index contributed by atoms with van der Waals surface area (Å²) in [6.07, 6.45) is 6.32. The fraction of sp³-hybridized carbons (Fsp3) is 0.464. The molecule has 1 heterocycles. The van der Waals surface area contributed by atoms with E-state index >= 15 is 0 Å². The van der Waals surface area contributed by atoms with E-state index in [1.807, 2.05) is 47.4 Å². The first-order chi connectivity index (χ1) is 16.1. The molecule has 4 rings (SSSR count). The summed E-state index contributed by atoms with van der Waals surface area (Å²) in [4.78, 5) is 15.7. The van der Waals surface area contributed by atoms with Crippen LogP contribution < -0.4 is 0 Å². The lowest BCUT2D eigenvalue weighted by molar-refractivity contribution is -0.161. The van der Waals surface area contributed by atoms with Crippen molar-refractivity contribution in [3.05, 3.63) is 71.3 Å². The van der Waals surface area contributed by atoms with E-state index in [1.165, 1.54) is 0 Å². The van der Waals surface area contributed by atoms with E-state index in [9.17, 15) is 15.2 Å². The minimum atomic E-state index is -1.48. The number of benzene rings is 2. The largest absolute Gasteiger partial charge is 0.375 e. The first-order valence-corrected chi connectivity index (χ1v) is 12.0. The Balaban J connectivity index is 1.51. The van der Waals surface area contributed by atoms with Gasteiger partial charge >= 0.3 is 0 Å². The number of nitriles is 2. The molecule has 3 unspecified atom stereocenters. The van der Waals surface area contributed by atoms with Crippen LogP contribution in [0.4, 0.5) is 0 Å². The molecule has 0 spiro atoms. The maximum Gasteiger partial charge on any atom is 0.259 e. The molecule has 1 saturated heterocycles. The Morgan fingerprint density at radius 3 is 2.36 bits per heavy atom. The summed E-state index contributed by atoms with van der Waals surface area (Å²) >= 11 is 0. The number of hydrogen-bond acceptors (Lipinski definition) is 4. The highest BCUT2D eigenvalue weighted by Crippen LogP contribution is 2.42. The summed E-state index contributed by atoms with van der Waals surface area (Å²) < 4.78 is 0. The summed E-state index contributed by atoms with van der Waals surface area (Å²) in [6, 6.07) is 21.1. The molecule has 1 aliphatic heterocycles. The van der Waals surface area contributed by atoms with Crippen molar-refractivity contribution in [1.82, 2.24) is 4.90 Å². The van der Waals surface area contributed by atoms with Gasteiger partial charge in [0.1, 0.15) is 0 Å². The molecule has 2 aromatic rings. The highest BCUT2D eigenvalue weighted by Gasteiger charge is 2.48. The number of amides is 1. The van der Waals surface area contributed by atoms with Crippen molar-refractivity contribution in [1.29, 1.82) is 10.5 Å². The predicted octanol–water partition coefficient (Wildman–Crippen LogP) is 4.87. The zero-order valence-corrected chi connectivity index (χ0v) is 19.0. The van der Waals surface area contributed by atoms with Crippen LogP contribution in [-0.4, -0.2) is 29.0 Å². The average molecular weight is 442 g/mol. The average Bonchev–Trinajstić information content (AvgIpc) is 3.43. The second-order valence-electron chi connectivity index (χ2n) is 9.52. The summed E-state index contributed by atoms with van der Waals surface area (Å²) in [7, 11) is 0. The monoisotopic (exact) mass is 441 g/mol. The highest BCUT2D eigenvalue weighted by molar-refractivity contribution is 5.87. The number of piperidine rings is 1. The summed E-state index contributed by atoms with van der Waals surface area (Å²) in [6.45, 7) is 1.21. The number of nitrogens with zero attached hydrogens (tertiary/aromatic N) is 3. The van der Waals surface area contributed by atoms with Crippen molar-refractivity contribution in [2.45, 2.75) is 56.5 Å². The number of likely N-dealkylation sites (tertiary alicyclic amines) is 1. The molecule has 1 N–H and O–H groups in total. The second-order valence-corrected chi connectivity index (χ2v) is 9.52. The van der Waals surface area contributed by atoms with Crippen molar-refractivity contribution in [3.8, 4) is 12.1 Å². The molecule has 33 heavy (non-hydrogen) atoms. The number of rotatable bonds is 6. The van der Waals surface area contributed by atoms with Gasteiger partial charge in [0.05, 0.1) is 23.6 Å². The van der Waals surface area contributed by atoms with Crippen LogP contribution >= 0.6 is 0 Å². The third-order valence-corrected chi connectivity index (χ3v) is 7.46. The quantitative estimate of drug-likeness (QED) is 0.692. The molecule has 2 aromatic carbocycles. The Hall–Kier alpha value is -3.15. The zero-order valence-electron chi connectivity index (χ0n) is 19.0. The van der Waals surface area contributed by atoms with Crippen LogP contribution in [0.2, 0.25) is 0 Å². The maximum absolute atomic E-state index is 13.8. The fourth-order valence-corrected chi connectivity index (χ4v) is 5.64. The molecule has 1 amide bonds. The lowest BCUT2D eigenvalue weighted by Gasteiger charge is -2.41. The molecule has 2 aliphatic rings. The summed E-state index contributed by atoms with van der Waals surface area (Å²) in [5.41, 5.74) is 0.696. The third-order valence-electron chi connectivity index (χ3n) is 7.46. The van der Waals surface area contributed by atoms with Crippen LogP contribution in [0.25, 0.3) is 0 Å². The van der Waals surface area contributed by atoms with Crippen LogP contribution in [0.5, 0.6) is 0 Å². The molecule has 5 heteroatoms. The van der Waals surface area contributed by atoms with E-state index in [0.717, 1.165) is 44.1 Å². The predicted molar refractivity (Wildman–Crippen MR) is 126 cm³/mol. The number of aliphatic hydroxyl groups is 1. The van der Waals surface area contributed by atoms with Crippen molar-refractivity contribution < 1.29 is 9.90 Å². The molecule has 2 fully saturated rings. The second kappa shape index (κ2) is 10.2. The van der Waals surface area contributed by atoms with Crippen molar-refractivity contribution >= 4 is 5.91 Å². The van der Waals surface area contributed by atoms with E-state index < -0.39 is 5.60 Å². The van der Waals surface area contributed by atoms with Gasteiger partial charge in [-0.05, 0) is 61.3 Å². The maximum atomic E-state index is 13.8. The molecule has 1 aliphatic carbocycles. The minimum absolute atomic E-state index is 0.0571. The van der Waals surface area contributed by atoms with Gasteiger partial charge in [0, 0.05) is 19.0 Å². The lowest BCUT2D eigenvalue weighted by atomic mass is 9.78. The van der Waals surface area contributed by atoms with Crippen molar-refractivity contribution in [3.63, 3.8) is 0 Å².